The van der Waals surface area contributed by atoms with Crippen LogP contribution in [0, 0.1) is 30.3 Å². The number of nitrogens with zero attached hydrogens (tertiary/aromatic N) is 9. The van der Waals surface area contributed by atoms with E-state index in [-0.39, 0.29) is 22.8 Å². The number of ketones is 1. The summed E-state index contributed by atoms with van der Waals surface area (Å²) in [6, 6.07) is 77.0. The number of aliphatic hydroxyl groups excluding tert-OH is 2. The van der Waals surface area contributed by atoms with Crippen LogP contribution >= 0.6 is 0 Å². The number of hydrogen-bond donors (Lipinski definition) is 5. The highest BCUT2D eigenvalue weighted by Crippen LogP contribution is 2.46. The molecule has 0 saturated carbocycles. The molecule has 12 aromatic rings. The van der Waals surface area contributed by atoms with Gasteiger partial charge in [-0.05, 0) is 83.9 Å². The first-order valence-corrected chi connectivity index (χ1v) is 30.5. The summed E-state index contributed by atoms with van der Waals surface area (Å²) in [6.07, 6.45) is 7.85. The normalized spacial score (nSPS) is 13.3. The Morgan fingerprint density at radius 3 is 0.927 bits per heavy atom. The van der Waals surface area contributed by atoms with Crippen molar-refractivity contribution in [2.45, 2.75) is 48.1 Å². The zero-order chi connectivity index (χ0) is 67.0. The minimum Gasteiger partial charge on any atom is -0.388 e. The van der Waals surface area contributed by atoms with Crippen LogP contribution in [-0.2, 0) is 0 Å². The largest absolute Gasteiger partial charge is 0.388 e. The van der Waals surface area contributed by atoms with E-state index in [1.165, 1.54) is 18.2 Å². The Morgan fingerprint density at radius 2 is 0.604 bits per heavy atom. The zero-order valence-electron chi connectivity index (χ0n) is 51.3. The molecule has 6 aromatic heterocycles. The number of aliphatic hydroxyl groups is 2. The van der Waals surface area contributed by atoms with Gasteiger partial charge >= 0.3 is 0 Å². The number of para-hydroxylation sites is 3. The summed E-state index contributed by atoms with van der Waals surface area (Å²) < 4.78 is 0. The number of nitro groups is 3. The van der Waals surface area contributed by atoms with Gasteiger partial charge in [-0.1, -0.05) is 182 Å². The van der Waals surface area contributed by atoms with Gasteiger partial charge in [-0.2, -0.15) is 0 Å². The molecule has 21 nitrogen and oxygen atoms in total. The predicted octanol–water partition coefficient (Wildman–Crippen LogP) is 15.3. The maximum Gasteiger partial charge on any atom is 0.274 e. The quantitative estimate of drug-likeness (QED) is 0.0213. The van der Waals surface area contributed by atoms with Crippen molar-refractivity contribution in [2.24, 2.45) is 0 Å². The second-order valence-electron chi connectivity index (χ2n) is 21.7. The van der Waals surface area contributed by atoms with Crippen molar-refractivity contribution >= 4 is 40.3 Å². The van der Waals surface area contributed by atoms with Gasteiger partial charge in [-0.25, -0.2) is 15.0 Å². The average molecular weight is 1280 g/mol. The van der Waals surface area contributed by atoms with Crippen LogP contribution in [0.4, 0.5) is 34.5 Å². The Balaban J connectivity index is 0.000000157. The van der Waals surface area contributed by atoms with Crippen molar-refractivity contribution in [1.82, 2.24) is 29.9 Å². The third-order valence-corrected chi connectivity index (χ3v) is 15.7. The van der Waals surface area contributed by atoms with E-state index in [1.807, 2.05) is 103 Å². The molecule has 0 bridgehead atoms. The second-order valence-corrected chi connectivity index (χ2v) is 21.7. The Morgan fingerprint density at radius 1 is 0.323 bits per heavy atom. The number of nitro benzene ring substituents is 3. The molecule has 6 aromatic carbocycles. The van der Waals surface area contributed by atoms with Crippen LogP contribution in [-0.4, -0.2) is 60.7 Å². The molecule has 0 aliphatic carbocycles. The molecule has 0 amide bonds. The minimum absolute atomic E-state index is 0.0397. The molecule has 96 heavy (non-hydrogen) atoms. The van der Waals surface area contributed by atoms with Gasteiger partial charge in [-0.3, -0.25) is 50.1 Å². The minimum atomic E-state index is -0.980. The van der Waals surface area contributed by atoms with E-state index in [4.69, 9.17) is 0 Å². The number of carbonyl (C=O) groups is 1. The molecular weight excluding hydrogens is 1210 g/mol. The summed E-state index contributed by atoms with van der Waals surface area (Å²) in [6.45, 7) is 0. The number of aromatic nitrogens is 6. The van der Waals surface area contributed by atoms with Crippen molar-refractivity contribution in [2.75, 3.05) is 16.0 Å². The standard InChI is InChI=1S/2C25H22N4O3.C25H20N4O3/c3*30-25(18-10-2-1-3-11-18)23(20-13-6-8-16-26-20)24(28-22-15-7-9-17-27-22)19-12-4-5-14-21(19)29(31)32/h2*1-17,23-25,30H,(H,27,28);1-17,23-24H,(H,27,28)/t23-,24+,25?;23-,24+,25-;23?,24-/m001/s1. The third kappa shape index (κ3) is 16.9. The number of benzene rings is 6. The number of hydrogen-bond acceptors (Lipinski definition) is 18. The molecule has 6 heterocycles. The average Bonchev–Trinajstić information content (AvgIpc) is 0.813. The fourth-order valence-corrected chi connectivity index (χ4v) is 11.3. The summed E-state index contributed by atoms with van der Waals surface area (Å²) in [7, 11) is 0. The van der Waals surface area contributed by atoms with Crippen molar-refractivity contribution in [3.8, 4) is 0 Å². The monoisotopic (exact) mass is 1280 g/mol. The van der Waals surface area contributed by atoms with Crippen LogP contribution < -0.4 is 16.0 Å². The van der Waals surface area contributed by atoms with Crippen LogP contribution in [0.3, 0.4) is 0 Å². The first-order valence-electron chi connectivity index (χ1n) is 30.5. The first kappa shape index (κ1) is 66.3. The zero-order valence-corrected chi connectivity index (χ0v) is 51.3. The van der Waals surface area contributed by atoms with E-state index < -0.39 is 62.9 Å². The fraction of sp³-hybridized carbons (Fsp3) is 0.107. The van der Waals surface area contributed by atoms with E-state index >= 15 is 0 Å². The van der Waals surface area contributed by atoms with Crippen LogP contribution in [0.2, 0.25) is 0 Å². The fourth-order valence-electron chi connectivity index (χ4n) is 11.3. The number of Topliss-reactive ketones (excluding diaryl/α,β-unsaturated/α-hetero) is 1. The highest BCUT2D eigenvalue weighted by Gasteiger charge is 2.40. The Labute approximate surface area is 552 Å². The summed E-state index contributed by atoms with van der Waals surface area (Å²) in [5.74, 6) is -0.730. The highest BCUT2D eigenvalue weighted by atomic mass is 16.6. The molecule has 21 heteroatoms. The van der Waals surface area contributed by atoms with Crippen molar-refractivity contribution < 1.29 is 29.8 Å². The first-order chi connectivity index (χ1) is 46.9. The molecule has 0 saturated heterocycles. The van der Waals surface area contributed by atoms with E-state index in [0.717, 1.165) is 0 Å². The van der Waals surface area contributed by atoms with E-state index in [9.17, 15) is 45.4 Å². The van der Waals surface area contributed by atoms with Gasteiger partial charge in [0.25, 0.3) is 17.1 Å². The van der Waals surface area contributed by atoms with Crippen LogP contribution in [0.25, 0.3) is 0 Å². The molecule has 0 spiro atoms. The van der Waals surface area contributed by atoms with Crippen molar-refractivity contribution in [1.29, 1.82) is 0 Å². The lowest BCUT2D eigenvalue weighted by molar-refractivity contribution is -0.385. The van der Waals surface area contributed by atoms with E-state index in [2.05, 4.69) is 45.9 Å². The smallest absolute Gasteiger partial charge is 0.274 e. The van der Waals surface area contributed by atoms with E-state index in [1.54, 1.807) is 189 Å². The van der Waals surface area contributed by atoms with Crippen LogP contribution in [0.15, 0.2) is 310 Å². The van der Waals surface area contributed by atoms with Gasteiger partial charge in [0.15, 0.2) is 5.78 Å². The van der Waals surface area contributed by atoms with Gasteiger partial charge in [0.1, 0.15) is 17.5 Å². The SMILES string of the molecule is O=C(c1ccccc1)C(c1ccccn1)[C@H](Nc1ccccn1)c1ccccc1[N+](=O)[O-].O=[N+]([O-])c1ccccc1[C@@H](Nc1ccccn1)[C@H](c1ccccn1)C(O)c1ccccc1.O=[N+]([O-])c1ccccc1[C@@H](Nc1ccccn1)[C@H](c1ccccn1)[C@@H](O)c1ccccc1. The molecule has 8 atom stereocenters. The summed E-state index contributed by atoms with van der Waals surface area (Å²) >= 11 is 0. The van der Waals surface area contributed by atoms with E-state index in [0.29, 0.717) is 67.9 Å². The van der Waals surface area contributed by atoms with Crippen molar-refractivity contribution in [3.63, 3.8) is 0 Å². The molecule has 2 unspecified atom stereocenters. The summed E-state index contributed by atoms with van der Waals surface area (Å²) in [5.41, 5.74) is 4.69. The number of nitrogens with one attached hydrogen (secondary N) is 3. The van der Waals surface area contributed by atoms with Gasteiger partial charge in [0.2, 0.25) is 0 Å². The lowest BCUT2D eigenvalue weighted by Crippen LogP contribution is -2.28. The lowest BCUT2D eigenvalue weighted by Gasteiger charge is -2.32. The molecule has 5 N–H and O–H groups in total. The number of anilines is 3. The van der Waals surface area contributed by atoms with Gasteiger partial charge in [0.05, 0.1) is 85.2 Å². The Bertz CT molecular complexity index is 4230. The molecule has 0 radical (unpaired) electrons. The molecule has 0 aliphatic rings. The number of rotatable bonds is 24. The van der Waals surface area contributed by atoms with Gasteiger partial charge in [0, 0.05) is 72.3 Å². The van der Waals surface area contributed by atoms with Crippen LogP contribution in [0.5, 0.6) is 0 Å². The van der Waals surface area contributed by atoms with Gasteiger partial charge < -0.3 is 26.2 Å². The Kier molecular flexibility index (Phi) is 22.9. The van der Waals surface area contributed by atoms with Crippen molar-refractivity contribution in [3.05, 3.63) is 391 Å². The maximum absolute atomic E-state index is 13.8. The van der Waals surface area contributed by atoms with Crippen LogP contribution in [0.1, 0.15) is 103 Å². The maximum atomic E-state index is 13.8. The molecule has 12 rings (SSSR count). The number of pyridine rings is 6. The molecule has 0 aliphatic heterocycles. The number of carbonyl (C=O) groups excluding carboxylic acids is 1. The third-order valence-electron chi connectivity index (χ3n) is 15.7. The van der Waals surface area contributed by atoms with Gasteiger partial charge in [-0.15, -0.1) is 0 Å². The topological polar surface area (TPSA) is 300 Å². The Hall–Kier alpha value is -12.6. The molecule has 0 fully saturated rings. The second kappa shape index (κ2) is 33.1. The lowest BCUT2D eigenvalue weighted by atomic mass is 9.82. The molecular formula is C75H64N12O9. The highest BCUT2D eigenvalue weighted by molar-refractivity contribution is 6.01. The molecule has 478 valence electrons. The summed E-state index contributed by atoms with van der Waals surface area (Å²) in [5, 5.41) is 68.5. The summed E-state index contributed by atoms with van der Waals surface area (Å²) in [4.78, 5) is 74.5. The predicted molar refractivity (Wildman–Crippen MR) is 366 cm³/mol.